The third-order valence-corrected chi connectivity index (χ3v) is 18.4. The molecule has 0 saturated carbocycles. The van der Waals surface area contributed by atoms with Crippen LogP contribution in [0.2, 0.25) is 0 Å². The van der Waals surface area contributed by atoms with Crippen molar-refractivity contribution in [1.82, 2.24) is 42.1 Å². The van der Waals surface area contributed by atoms with Crippen LogP contribution in [0.15, 0.2) is 84.9 Å². The Kier molecular flexibility index (Phi) is 24.0. The van der Waals surface area contributed by atoms with Crippen molar-refractivity contribution in [1.29, 1.82) is 0 Å². The van der Waals surface area contributed by atoms with Crippen LogP contribution in [0.25, 0.3) is 0 Å². The van der Waals surface area contributed by atoms with Gasteiger partial charge in [-0.05, 0) is 92.8 Å². The van der Waals surface area contributed by atoms with Crippen molar-refractivity contribution in [2.45, 2.75) is 169 Å². The van der Waals surface area contributed by atoms with E-state index in [9.17, 15) is 68.4 Å². The van der Waals surface area contributed by atoms with Crippen molar-refractivity contribution >= 4 is 70.8 Å². The fourth-order valence-corrected chi connectivity index (χ4v) is 13.5. The molecule has 1 spiro atoms. The normalized spacial score (nSPS) is 25.2. The first-order chi connectivity index (χ1) is 44.3. The molecule has 3 aromatic rings. The highest BCUT2D eigenvalue weighted by atomic mass is 32.2. The van der Waals surface area contributed by atoms with Crippen LogP contribution in [0.4, 0.5) is 0 Å². The number of aliphatic hydroxyl groups is 3. The summed E-state index contributed by atoms with van der Waals surface area (Å²) in [5.74, 6) is -8.55. The van der Waals surface area contributed by atoms with Crippen LogP contribution in [-0.4, -0.2) is 202 Å². The van der Waals surface area contributed by atoms with Gasteiger partial charge in [0.05, 0.1) is 6.54 Å². The maximum Gasteiger partial charge on any atom is 0.252 e. The number of carbonyl (C=O) groups is 10. The van der Waals surface area contributed by atoms with Crippen LogP contribution in [0.5, 0.6) is 11.5 Å². The monoisotopic (exact) mass is 1310 g/mol. The summed E-state index contributed by atoms with van der Waals surface area (Å²) in [6.45, 7) is 3.68. The van der Waals surface area contributed by atoms with Gasteiger partial charge in [-0.25, -0.2) is 0 Å². The van der Waals surface area contributed by atoms with E-state index in [2.05, 4.69) is 42.1 Å². The van der Waals surface area contributed by atoms with E-state index in [0.717, 1.165) is 11.1 Å². The van der Waals surface area contributed by atoms with Crippen molar-refractivity contribution in [2.75, 3.05) is 32.1 Å². The quantitative estimate of drug-likeness (QED) is 0.0284. The molecule has 16 atom stereocenters. The van der Waals surface area contributed by atoms with Crippen LogP contribution in [-0.2, 0) is 82.1 Å². The number of amides is 10. The Morgan fingerprint density at radius 2 is 1.24 bits per heavy atom. The molecular weight excluding hydrogens is 1230 g/mol. The number of ether oxygens (including phenoxy) is 3. The molecule has 3 aliphatic heterocycles. The molecule has 93 heavy (non-hydrogen) atoms. The Balaban J connectivity index is 0.971. The summed E-state index contributed by atoms with van der Waals surface area (Å²) in [5.41, 5.74) is 18.9. The number of rotatable bonds is 32. The van der Waals surface area contributed by atoms with E-state index in [-0.39, 0.29) is 49.3 Å². The average molecular weight is 1310 g/mol. The zero-order valence-corrected chi connectivity index (χ0v) is 53.0. The van der Waals surface area contributed by atoms with E-state index in [1.807, 2.05) is 39.3 Å². The zero-order chi connectivity index (χ0) is 67.4. The van der Waals surface area contributed by atoms with Gasteiger partial charge in [0.25, 0.3) is 5.91 Å². The lowest BCUT2D eigenvalue weighted by molar-refractivity contribution is -0.304. The third-order valence-electron chi connectivity index (χ3n) is 17.8. The SMILES string of the molecule is CSCC[C@H](NC(=O)[C@H](CC(C)C)NC(=O)CNC(=O)[C@H](Cc1ccccc1)NC(=O)[C@H](Cc1ccccc1)NC(=O)[C@H](CCC(N)=O)NC(=O)[C@H](CCC(N)=O)NC(=O)[C@H]1O[C@H](O[C@H]2C=C[C@H]3[C@H]4Cc5ccc(O)c6c5[C@@]3(CCN4C)[C@H]2O6)[C@H](O)[C@@H](O)[C@@H]1O)C(N)=O. The number of hydrogen-bond donors (Lipinski definition) is 14. The summed E-state index contributed by atoms with van der Waals surface area (Å²) in [6.07, 6.45) is -6.82. The number of carbonyl (C=O) groups excluding carboxylic acids is 10. The number of nitrogens with two attached hydrogens (primary N) is 3. The van der Waals surface area contributed by atoms with Crippen molar-refractivity contribution in [2.24, 2.45) is 29.0 Å². The lowest BCUT2D eigenvalue weighted by atomic mass is 9.53. The predicted molar refractivity (Wildman–Crippen MR) is 337 cm³/mol. The molecule has 2 fully saturated rings. The molecule has 5 aliphatic rings. The molecule has 2 aliphatic carbocycles. The van der Waals surface area contributed by atoms with Crippen molar-refractivity contribution in [3.63, 3.8) is 0 Å². The number of likely N-dealkylation sites (tertiary alicyclic amines) is 1. The number of aromatic hydroxyl groups is 1. The van der Waals surface area contributed by atoms with Gasteiger partial charge in [-0.2, -0.15) is 11.8 Å². The van der Waals surface area contributed by atoms with Gasteiger partial charge in [0.1, 0.15) is 66.8 Å². The summed E-state index contributed by atoms with van der Waals surface area (Å²) >= 11 is 1.45. The minimum Gasteiger partial charge on any atom is -0.504 e. The van der Waals surface area contributed by atoms with Gasteiger partial charge < -0.3 is 94.0 Å². The second kappa shape index (κ2) is 31.6. The summed E-state index contributed by atoms with van der Waals surface area (Å²) < 4.78 is 18.9. The van der Waals surface area contributed by atoms with E-state index in [4.69, 9.17) is 31.4 Å². The average Bonchev–Trinajstić information content (AvgIpc) is 1.57. The first-order valence-electron chi connectivity index (χ1n) is 31.1. The number of phenolic OH excluding ortho intramolecular Hbond substituents is 1. The van der Waals surface area contributed by atoms with Crippen LogP contribution in [0.3, 0.4) is 0 Å². The number of thioether (sulfide) groups is 1. The first kappa shape index (κ1) is 70.7. The van der Waals surface area contributed by atoms with Gasteiger partial charge >= 0.3 is 0 Å². The van der Waals surface area contributed by atoms with Crippen molar-refractivity contribution < 1.29 is 82.6 Å². The predicted octanol–water partition coefficient (Wildman–Crippen LogP) is -2.64. The maximum atomic E-state index is 14.7. The Morgan fingerprint density at radius 3 is 1.82 bits per heavy atom. The number of benzene rings is 3. The Hall–Kier alpha value is -8.19. The molecule has 3 heterocycles. The van der Waals surface area contributed by atoms with Gasteiger partial charge in [-0.15, -0.1) is 0 Å². The van der Waals surface area contributed by atoms with Crippen LogP contribution in [0.1, 0.15) is 81.0 Å². The van der Waals surface area contributed by atoms with E-state index >= 15 is 0 Å². The molecule has 3 aromatic carbocycles. The number of aliphatic hydroxyl groups excluding tert-OH is 3. The molecule has 0 aromatic heterocycles. The Morgan fingerprint density at radius 1 is 0.677 bits per heavy atom. The number of piperidine rings is 1. The van der Waals surface area contributed by atoms with Crippen LogP contribution >= 0.6 is 11.8 Å². The number of nitrogens with one attached hydrogen (secondary N) is 7. The van der Waals surface area contributed by atoms with Crippen LogP contribution < -0.4 is 59.2 Å². The lowest BCUT2D eigenvalue weighted by Crippen LogP contribution is -2.67. The minimum absolute atomic E-state index is 0.0569. The van der Waals surface area contributed by atoms with Gasteiger partial charge in [-0.1, -0.05) is 92.7 Å². The first-order valence-corrected chi connectivity index (χ1v) is 32.5. The van der Waals surface area contributed by atoms with E-state index < -0.39 is 176 Å². The zero-order valence-electron chi connectivity index (χ0n) is 52.2. The van der Waals surface area contributed by atoms with E-state index in [1.54, 1.807) is 72.8 Å². The fourth-order valence-electron chi connectivity index (χ4n) is 13.0. The van der Waals surface area contributed by atoms with Crippen molar-refractivity contribution in [3.05, 3.63) is 107 Å². The highest BCUT2D eigenvalue weighted by Crippen LogP contribution is 2.62. The molecule has 504 valence electrons. The summed E-state index contributed by atoms with van der Waals surface area (Å²) in [5, 5.41) is 62.9. The summed E-state index contributed by atoms with van der Waals surface area (Å²) in [7, 11) is 2.05. The van der Waals surface area contributed by atoms with Gasteiger partial charge in [0, 0.05) is 48.6 Å². The highest BCUT2D eigenvalue weighted by molar-refractivity contribution is 7.98. The number of primary amides is 3. The molecule has 17 N–H and O–H groups in total. The molecule has 29 heteroatoms. The molecular formula is C64H85N11O17S. The topological polar surface area (TPSA) is 445 Å². The van der Waals surface area contributed by atoms with Gasteiger partial charge in [0.2, 0.25) is 53.2 Å². The number of hydrogen-bond acceptors (Lipinski definition) is 19. The largest absolute Gasteiger partial charge is 0.504 e. The summed E-state index contributed by atoms with van der Waals surface area (Å²) in [6, 6.07) is 11.9. The van der Waals surface area contributed by atoms with Crippen molar-refractivity contribution in [3.8, 4) is 11.5 Å². The maximum absolute atomic E-state index is 14.7. The van der Waals surface area contributed by atoms with Gasteiger partial charge in [-0.3, -0.25) is 47.9 Å². The fraction of sp³-hybridized carbons (Fsp3) is 0.531. The molecule has 2 saturated heterocycles. The molecule has 0 radical (unpaired) electrons. The second-order valence-corrected chi connectivity index (χ2v) is 25.8. The lowest BCUT2D eigenvalue weighted by Gasteiger charge is -2.57. The molecule has 10 amide bonds. The molecule has 28 nitrogen and oxygen atoms in total. The molecule has 8 rings (SSSR count). The number of likely N-dealkylation sites (N-methyl/N-ethyl adjacent to an activating group) is 1. The van der Waals surface area contributed by atoms with Crippen LogP contribution in [0, 0.1) is 11.8 Å². The van der Waals surface area contributed by atoms with E-state index in [1.165, 1.54) is 11.8 Å². The second-order valence-electron chi connectivity index (χ2n) is 24.8. The smallest absolute Gasteiger partial charge is 0.252 e. The highest BCUT2D eigenvalue weighted by Gasteiger charge is 2.65. The van der Waals surface area contributed by atoms with E-state index in [0.29, 0.717) is 42.0 Å². The Labute approximate surface area is 541 Å². The summed E-state index contributed by atoms with van der Waals surface area (Å²) in [4.78, 5) is 138. The number of phenols is 1. The molecule has 0 unspecified atom stereocenters. The number of nitrogens with zero attached hydrogens (tertiary/aromatic N) is 1. The molecule has 2 bridgehead atoms. The Bertz CT molecular complexity index is 3260. The third kappa shape index (κ3) is 17.2. The standard InChI is InChI=1S/C64H85N11O17S/c1-32(2)27-40(60(87)70-37(56(67)83)23-26-93-4)69-48(79)31-68-57(84)41(28-33-11-7-5-8-12-33)73-61(88)42(29-34-13-9-6-10-14-34)74-59(86)38(17-21-46(65)77)71-58(85)39(18-22-47(66)78)72-62(89)54-51(81)50(80)52(82)63(92-54)90-45-20-16-36-43-30-35-15-19-44(76)53-49(35)64(36,55(45)91-53)24-25-75(43)3/h5-16,19-20,32,36-43,45,50-52,54-55,63,76,80-82H,17-18,21-31H2,1-4H3,(H2,65,77)(H2,66,78)(H2,67,83)(H,68,84)(H,69,79)(H,70,87)(H,71,85)(H,72,89)(H,73,88)(H,74,86)/t36-,37-,38-,39-,40-,41-,42-,43+,45-,50-,51-,52+,54-,55-,63-,64-/m0/s1. The minimum atomic E-state index is -2.13. The van der Waals surface area contributed by atoms with Gasteiger partial charge in [0.15, 0.2) is 23.9 Å².